The molecule has 1 N–H and O–H groups in total. The lowest BCUT2D eigenvalue weighted by Crippen LogP contribution is -2.48. The van der Waals surface area contributed by atoms with Crippen LogP contribution in [0.3, 0.4) is 0 Å². The van der Waals surface area contributed by atoms with Crippen molar-refractivity contribution < 1.29 is 4.79 Å². The van der Waals surface area contributed by atoms with Crippen molar-refractivity contribution in [3.05, 3.63) is 29.3 Å². The first kappa shape index (κ1) is 19.4. The number of halogens is 1. The van der Waals surface area contributed by atoms with Crippen LogP contribution in [0.4, 0.5) is 0 Å². The normalized spacial score (nSPS) is 13.8. The maximum absolute atomic E-state index is 12.6. The summed E-state index contributed by atoms with van der Waals surface area (Å²) >= 11 is 7.50. The van der Waals surface area contributed by atoms with Gasteiger partial charge in [0.2, 0.25) is 5.91 Å². The lowest BCUT2D eigenvalue weighted by atomic mass is 9.82. The van der Waals surface area contributed by atoms with Crippen LogP contribution in [-0.4, -0.2) is 16.7 Å². The number of thioether (sulfide) groups is 1. The molecule has 1 aromatic carbocycles. The van der Waals surface area contributed by atoms with Crippen molar-refractivity contribution >= 4 is 29.3 Å². The fraction of sp³-hybridized carbons (Fsp3) is 0.611. The zero-order valence-corrected chi connectivity index (χ0v) is 16.1. The third-order valence-corrected chi connectivity index (χ3v) is 4.82. The van der Waals surface area contributed by atoms with Crippen molar-refractivity contribution in [3.63, 3.8) is 0 Å². The maximum Gasteiger partial charge on any atom is 0.233 e. The average molecular weight is 342 g/mol. The lowest BCUT2D eigenvalue weighted by Gasteiger charge is -2.34. The minimum atomic E-state index is -0.205. The van der Waals surface area contributed by atoms with Gasteiger partial charge in [-0.1, -0.05) is 39.3 Å². The van der Waals surface area contributed by atoms with E-state index in [0.29, 0.717) is 5.02 Å². The van der Waals surface area contributed by atoms with Gasteiger partial charge in [-0.15, -0.1) is 11.8 Å². The summed E-state index contributed by atoms with van der Waals surface area (Å²) in [7, 11) is 0. The van der Waals surface area contributed by atoms with Gasteiger partial charge in [-0.3, -0.25) is 4.79 Å². The zero-order chi connectivity index (χ0) is 17.0. The average Bonchev–Trinajstić information content (AvgIpc) is 2.34. The van der Waals surface area contributed by atoms with E-state index in [1.165, 1.54) is 0 Å². The smallest absolute Gasteiger partial charge is 0.233 e. The van der Waals surface area contributed by atoms with Crippen LogP contribution >= 0.6 is 23.4 Å². The second-order valence-corrected chi connectivity index (χ2v) is 9.29. The highest BCUT2D eigenvalue weighted by Gasteiger charge is 2.29. The Morgan fingerprint density at radius 1 is 1.18 bits per heavy atom. The van der Waals surface area contributed by atoms with Gasteiger partial charge < -0.3 is 5.32 Å². The first-order chi connectivity index (χ1) is 10.0. The van der Waals surface area contributed by atoms with Crippen molar-refractivity contribution in [3.8, 4) is 0 Å². The topological polar surface area (TPSA) is 29.1 Å². The molecule has 1 amide bonds. The molecule has 1 aromatic rings. The van der Waals surface area contributed by atoms with Crippen LogP contribution in [0.15, 0.2) is 29.2 Å². The molecule has 0 aliphatic heterocycles. The second kappa shape index (κ2) is 7.74. The molecule has 1 rings (SSSR count). The third kappa shape index (κ3) is 7.06. The SMILES string of the molecule is CCC(Sc1ccc(Cl)cc1)C(=O)NC(C)(C)CC(C)(C)C. The van der Waals surface area contributed by atoms with Gasteiger partial charge in [-0.05, 0) is 56.4 Å². The number of hydrogen-bond donors (Lipinski definition) is 1. The molecule has 0 aliphatic rings. The van der Waals surface area contributed by atoms with Crippen LogP contribution in [0.2, 0.25) is 5.02 Å². The Morgan fingerprint density at radius 2 is 1.73 bits per heavy atom. The van der Waals surface area contributed by atoms with E-state index in [4.69, 9.17) is 11.6 Å². The van der Waals surface area contributed by atoms with Gasteiger partial charge in [0.15, 0.2) is 0 Å². The number of hydrogen-bond acceptors (Lipinski definition) is 2. The largest absolute Gasteiger partial charge is 0.350 e. The number of carbonyl (C=O) groups excluding carboxylic acids is 1. The minimum absolute atomic E-state index is 0.0829. The summed E-state index contributed by atoms with van der Waals surface area (Å²) in [6, 6.07) is 7.64. The predicted octanol–water partition coefficient (Wildman–Crippen LogP) is 5.54. The Labute approximate surface area is 144 Å². The van der Waals surface area contributed by atoms with E-state index < -0.39 is 0 Å². The van der Waals surface area contributed by atoms with Gasteiger partial charge in [0.05, 0.1) is 5.25 Å². The molecule has 0 radical (unpaired) electrons. The van der Waals surface area contributed by atoms with Crippen molar-refractivity contribution in [2.45, 2.75) is 70.1 Å². The second-order valence-electron chi connectivity index (χ2n) is 7.58. The monoisotopic (exact) mass is 341 g/mol. The summed E-state index contributed by atoms with van der Waals surface area (Å²) in [5, 5.41) is 3.84. The van der Waals surface area contributed by atoms with Crippen LogP contribution in [0, 0.1) is 5.41 Å². The standard InChI is InChI=1S/C18H28ClNOS/c1-7-15(22-14-10-8-13(19)9-11-14)16(21)20-18(5,6)12-17(2,3)4/h8-11,15H,7,12H2,1-6H3,(H,20,21). The van der Waals surface area contributed by atoms with Crippen LogP contribution in [0.25, 0.3) is 0 Å². The molecule has 0 aromatic heterocycles. The van der Waals surface area contributed by atoms with E-state index in [-0.39, 0.29) is 22.1 Å². The molecule has 0 saturated carbocycles. The summed E-state index contributed by atoms with van der Waals surface area (Å²) in [5.74, 6) is 0.108. The lowest BCUT2D eigenvalue weighted by molar-refractivity contribution is -0.122. The highest BCUT2D eigenvalue weighted by molar-refractivity contribution is 8.00. The van der Waals surface area contributed by atoms with Gasteiger partial charge in [-0.25, -0.2) is 0 Å². The summed E-state index contributed by atoms with van der Waals surface area (Å²) in [6.45, 7) is 12.8. The van der Waals surface area contributed by atoms with E-state index >= 15 is 0 Å². The summed E-state index contributed by atoms with van der Waals surface area (Å²) < 4.78 is 0. The van der Waals surface area contributed by atoms with Crippen LogP contribution in [-0.2, 0) is 4.79 Å². The van der Waals surface area contributed by atoms with E-state index in [9.17, 15) is 4.79 Å². The minimum Gasteiger partial charge on any atom is -0.350 e. The van der Waals surface area contributed by atoms with E-state index in [0.717, 1.165) is 17.7 Å². The van der Waals surface area contributed by atoms with E-state index in [1.54, 1.807) is 11.8 Å². The Morgan fingerprint density at radius 3 is 2.18 bits per heavy atom. The predicted molar refractivity (Wildman–Crippen MR) is 97.7 cm³/mol. The van der Waals surface area contributed by atoms with E-state index in [1.807, 2.05) is 31.2 Å². The quantitative estimate of drug-likeness (QED) is 0.688. The molecular formula is C18H28ClNOS. The number of benzene rings is 1. The van der Waals surface area contributed by atoms with Crippen LogP contribution < -0.4 is 5.32 Å². The zero-order valence-electron chi connectivity index (χ0n) is 14.5. The van der Waals surface area contributed by atoms with Gasteiger partial charge in [-0.2, -0.15) is 0 Å². The van der Waals surface area contributed by atoms with Crippen LogP contribution in [0.1, 0.15) is 54.4 Å². The molecule has 0 saturated heterocycles. The molecule has 0 aliphatic carbocycles. The first-order valence-electron chi connectivity index (χ1n) is 7.77. The Balaban J connectivity index is 2.70. The maximum atomic E-state index is 12.6. The van der Waals surface area contributed by atoms with Gasteiger partial charge in [0.25, 0.3) is 0 Å². The number of amides is 1. The van der Waals surface area contributed by atoms with Gasteiger partial charge in [0.1, 0.15) is 0 Å². The molecule has 0 heterocycles. The number of nitrogens with one attached hydrogen (secondary N) is 1. The molecule has 124 valence electrons. The third-order valence-electron chi connectivity index (χ3n) is 3.19. The molecule has 1 atom stereocenters. The molecule has 2 nitrogen and oxygen atoms in total. The van der Waals surface area contributed by atoms with Gasteiger partial charge >= 0.3 is 0 Å². The fourth-order valence-electron chi connectivity index (χ4n) is 2.78. The summed E-state index contributed by atoms with van der Waals surface area (Å²) in [4.78, 5) is 13.7. The number of rotatable bonds is 6. The molecule has 1 unspecified atom stereocenters. The van der Waals surface area contributed by atoms with E-state index in [2.05, 4.69) is 39.9 Å². The van der Waals surface area contributed by atoms with Crippen LogP contribution in [0.5, 0.6) is 0 Å². The van der Waals surface area contributed by atoms with Crippen molar-refractivity contribution in [1.82, 2.24) is 5.32 Å². The Kier molecular flexibility index (Phi) is 6.82. The first-order valence-corrected chi connectivity index (χ1v) is 9.02. The van der Waals surface area contributed by atoms with Gasteiger partial charge in [0, 0.05) is 15.5 Å². The van der Waals surface area contributed by atoms with Crippen molar-refractivity contribution in [1.29, 1.82) is 0 Å². The highest BCUT2D eigenvalue weighted by Crippen LogP contribution is 2.30. The molecule has 0 bridgehead atoms. The Bertz CT molecular complexity index is 491. The molecule has 0 spiro atoms. The molecule has 4 heteroatoms. The van der Waals surface area contributed by atoms with Crippen molar-refractivity contribution in [2.75, 3.05) is 0 Å². The highest BCUT2D eigenvalue weighted by atomic mass is 35.5. The molecule has 0 fully saturated rings. The fourth-order valence-corrected chi connectivity index (χ4v) is 3.86. The summed E-state index contributed by atoms with van der Waals surface area (Å²) in [5.41, 5.74) is -0.0227. The molecular weight excluding hydrogens is 314 g/mol. The number of carbonyl (C=O) groups is 1. The molecule has 22 heavy (non-hydrogen) atoms. The van der Waals surface area contributed by atoms with Crippen molar-refractivity contribution in [2.24, 2.45) is 5.41 Å². The Hall–Kier alpha value is -0.670. The summed E-state index contributed by atoms with van der Waals surface area (Å²) in [6.07, 6.45) is 1.73.